The normalized spacial score (nSPS) is 11.1. The zero-order valence-electron chi connectivity index (χ0n) is 15.2. The van der Waals surface area contributed by atoms with Crippen LogP contribution in [0.4, 0.5) is 0 Å². The summed E-state index contributed by atoms with van der Waals surface area (Å²) in [6.07, 6.45) is 0. The van der Waals surface area contributed by atoms with Gasteiger partial charge in [0.25, 0.3) is 0 Å². The summed E-state index contributed by atoms with van der Waals surface area (Å²) < 4.78 is 7.64. The molecule has 0 unspecified atom stereocenters. The highest BCUT2D eigenvalue weighted by molar-refractivity contribution is 7.19. The molecule has 0 bridgehead atoms. The maximum atomic E-state index is 5.91. The van der Waals surface area contributed by atoms with Crippen LogP contribution < -0.4 is 4.74 Å². The summed E-state index contributed by atoms with van der Waals surface area (Å²) in [5, 5.41) is 14.9. The van der Waals surface area contributed by atoms with Gasteiger partial charge >= 0.3 is 0 Å². The predicted molar refractivity (Wildman–Crippen MR) is 115 cm³/mol. The van der Waals surface area contributed by atoms with Gasteiger partial charge in [-0.25, -0.2) is 0 Å². The van der Waals surface area contributed by atoms with Crippen molar-refractivity contribution in [2.75, 3.05) is 0 Å². The topological polar surface area (TPSA) is 52.3 Å². The first-order valence-corrected chi connectivity index (χ1v) is 10.2. The fourth-order valence-electron chi connectivity index (χ4n) is 2.94. The van der Waals surface area contributed by atoms with Crippen molar-refractivity contribution in [2.24, 2.45) is 0 Å². The van der Waals surface area contributed by atoms with Crippen LogP contribution >= 0.6 is 22.9 Å². The smallest absolute Gasteiger partial charge is 0.235 e. The van der Waals surface area contributed by atoms with Crippen LogP contribution in [0.1, 0.15) is 5.56 Å². The first-order chi connectivity index (χ1) is 14.3. The molecule has 0 saturated heterocycles. The van der Waals surface area contributed by atoms with E-state index in [0.29, 0.717) is 12.4 Å². The molecule has 0 amide bonds. The quantitative estimate of drug-likeness (QED) is 0.364. The Hall–Kier alpha value is -3.22. The Labute approximate surface area is 176 Å². The molecule has 0 aliphatic carbocycles. The van der Waals surface area contributed by atoms with Crippen LogP contribution in [-0.4, -0.2) is 19.8 Å². The van der Waals surface area contributed by atoms with Crippen molar-refractivity contribution in [3.8, 4) is 27.7 Å². The van der Waals surface area contributed by atoms with Crippen molar-refractivity contribution in [2.45, 2.75) is 6.61 Å². The zero-order valence-corrected chi connectivity index (χ0v) is 16.8. The Kier molecular flexibility index (Phi) is 4.71. The summed E-state index contributed by atoms with van der Waals surface area (Å²) >= 11 is 7.43. The molecule has 0 radical (unpaired) electrons. The largest absolute Gasteiger partial charge is 0.489 e. The molecule has 5 rings (SSSR count). The molecule has 2 heterocycles. The van der Waals surface area contributed by atoms with Crippen LogP contribution in [0, 0.1) is 0 Å². The van der Waals surface area contributed by atoms with E-state index in [4.69, 9.17) is 21.4 Å². The van der Waals surface area contributed by atoms with Crippen molar-refractivity contribution in [3.63, 3.8) is 0 Å². The number of hydrogen-bond donors (Lipinski definition) is 0. The van der Waals surface area contributed by atoms with E-state index in [1.807, 2.05) is 78.9 Å². The molecule has 142 valence electrons. The summed E-state index contributed by atoms with van der Waals surface area (Å²) in [4.78, 5) is 0.766. The molecule has 0 spiro atoms. The van der Waals surface area contributed by atoms with E-state index < -0.39 is 0 Å². The van der Waals surface area contributed by atoms with Gasteiger partial charge in [-0.15, -0.1) is 10.2 Å². The Balaban J connectivity index is 1.36. The van der Waals surface area contributed by atoms with Gasteiger partial charge in [-0.2, -0.15) is 9.61 Å². The number of aromatic nitrogens is 4. The molecule has 0 aliphatic rings. The SMILES string of the molecule is Clc1ccc(COc2ccc(-c3nnc4sc(-c5ccccc5)nn34)cc2)cc1. The van der Waals surface area contributed by atoms with E-state index in [2.05, 4.69) is 10.2 Å². The third-order valence-corrected chi connectivity index (χ3v) is 5.64. The van der Waals surface area contributed by atoms with Crippen molar-refractivity contribution < 1.29 is 4.74 Å². The van der Waals surface area contributed by atoms with Gasteiger partial charge in [0, 0.05) is 16.1 Å². The zero-order chi connectivity index (χ0) is 19.6. The van der Waals surface area contributed by atoms with Gasteiger partial charge in [0.2, 0.25) is 4.96 Å². The van der Waals surface area contributed by atoms with Gasteiger partial charge in [0.1, 0.15) is 17.4 Å². The number of nitrogens with zero attached hydrogens (tertiary/aromatic N) is 4. The van der Waals surface area contributed by atoms with Crippen LogP contribution in [0.25, 0.3) is 26.9 Å². The minimum atomic E-state index is 0.484. The highest BCUT2D eigenvalue weighted by atomic mass is 35.5. The Morgan fingerprint density at radius 3 is 2.34 bits per heavy atom. The summed E-state index contributed by atoms with van der Waals surface area (Å²) in [5.74, 6) is 1.50. The fourth-order valence-corrected chi connectivity index (χ4v) is 3.91. The second kappa shape index (κ2) is 7.66. The maximum absolute atomic E-state index is 5.91. The number of ether oxygens (including phenoxy) is 1. The van der Waals surface area contributed by atoms with Gasteiger partial charge in [-0.05, 0) is 42.0 Å². The molecule has 2 aromatic heterocycles. The Bertz CT molecular complexity index is 1250. The van der Waals surface area contributed by atoms with Gasteiger partial charge in [0.15, 0.2) is 5.82 Å². The standard InChI is InChI=1S/C22H15ClN4OS/c23-18-10-6-15(7-11-18)14-28-19-12-8-16(9-13-19)20-24-25-22-27(20)26-21(29-22)17-4-2-1-3-5-17/h1-13H,14H2. The molecule has 0 N–H and O–H groups in total. The highest BCUT2D eigenvalue weighted by Crippen LogP contribution is 2.28. The molecule has 5 nitrogen and oxygen atoms in total. The summed E-state index contributed by atoms with van der Waals surface area (Å²) in [7, 11) is 0. The van der Waals surface area contributed by atoms with E-state index in [1.165, 1.54) is 11.3 Å². The minimum Gasteiger partial charge on any atom is -0.489 e. The third kappa shape index (κ3) is 3.72. The number of fused-ring (bicyclic) bond motifs is 1. The molecule has 0 fully saturated rings. The fraction of sp³-hybridized carbons (Fsp3) is 0.0455. The van der Waals surface area contributed by atoms with E-state index >= 15 is 0 Å². The number of halogens is 1. The molecule has 5 aromatic rings. The Morgan fingerprint density at radius 1 is 0.828 bits per heavy atom. The molecule has 0 saturated carbocycles. The number of benzene rings is 3. The number of hydrogen-bond acceptors (Lipinski definition) is 5. The monoisotopic (exact) mass is 418 g/mol. The van der Waals surface area contributed by atoms with E-state index in [-0.39, 0.29) is 0 Å². The molecule has 0 aliphatic heterocycles. The van der Waals surface area contributed by atoms with Crippen molar-refractivity contribution >= 4 is 27.9 Å². The van der Waals surface area contributed by atoms with Crippen molar-refractivity contribution in [1.29, 1.82) is 0 Å². The summed E-state index contributed by atoms with van der Waals surface area (Å²) in [6, 6.07) is 25.5. The lowest BCUT2D eigenvalue weighted by molar-refractivity contribution is 0.306. The van der Waals surface area contributed by atoms with E-state index in [0.717, 1.165) is 37.4 Å². The van der Waals surface area contributed by atoms with Crippen LogP contribution in [0.3, 0.4) is 0 Å². The molecular weight excluding hydrogens is 404 g/mol. The second-order valence-corrected chi connectivity index (χ2v) is 7.82. The average Bonchev–Trinajstić information content (AvgIpc) is 3.36. The molecule has 7 heteroatoms. The second-order valence-electron chi connectivity index (χ2n) is 6.43. The summed E-state index contributed by atoms with van der Waals surface area (Å²) in [5.41, 5.74) is 3.06. The minimum absolute atomic E-state index is 0.484. The van der Waals surface area contributed by atoms with Gasteiger partial charge < -0.3 is 4.74 Å². The van der Waals surface area contributed by atoms with Crippen molar-refractivity contribution in [3.05, 3.63) is 89.4 Å². The predicted octanol–water partition coefficient (Wildman–Crippen LogP) is 5.75. The van der Waals surface area contributed by atoms with Crippen LogP contribution in [0.5, 0.6) is 5.75 Å². The van der Waals surface area contributed by atoms with Crippen LogP contribution in [0.15, 0.2) is 78.9 Å². The third-order valence-electron chi connectivity index (χ3n) is 4.44. The molecule has 29 heavy (non-hydrogen) atoms. The molecule has 0 atom stereocenters. The summed E-state index contributed by atoms with van der Waals surface area (Å²) in [6.45, 7) is 0.484. The number of rotatable bonds is 5. The van der Waals surface area contributed by atoms with Crippen LogP contribution in [-0.2, 0) is 6.61 Å². The first kappa shape index (κ1) is 17.8. The molecule has 3 aromatic carbocycles. The Morgan fingerprint density at radius 2 is 1.59 bits per heavy atom. The molecular formula is C22H15ClN4OS. The van der Waals surface area contributed by atoms with Crippen LogP contribution in [0.2, 0.25) is 5.02 Å². The van der Waals surface area contributed by atoms with E-state index in [9.17, 15) is 0 Å². The first-order valence-electron chi connectivity index (χ1n) is 9.02. The van der Waals surface area contributed by atoms with Crippen molar-refractivity contribution in [1.82, 2.24) is 19.8 Å². The lowest BCUT2D eigenvalue weighted by Crippen LogP contribution is -1.95. The highest BCUT2D eigenvalue weighted by Gasteiger charge is 2.14. The van der Waals surface area contributed by atoms with Gasteiger partial charge in [-0.1, -0.05) is 65.4 Å². The van der Waals surface area contributed by atoms with E-state index in [1.54, 1.807) is 4.52 Å². The van der Waals surface area contributed by atoms with Gasteiger partial charge in [-0.3, -0.25) is 0 Å². The lowest BCUT2D eigenvalue weighted by Gasteiger charge is -2.07. The average molecular weight is 419 g/mol. The lowest BCUT2D eigenvalue weighted by atomic mass is 10.2. The van der Waals surface area contributed by atoms with Gasteiger partial charge in [0.05, 0.1) is 0 Å². The maximum Gasteiger partial charge on any atom is 0.235 e.